The van der Waals surface area contributed by atoms with Crippen molar-refractivity contribution in [1.29, 1.82) is 0 Å². The van der Waals surface area contributed by atoms with Gasteiger partial charge in [-0.1, -0.05) is 18.3 Å². The lowest BCUT2D eigenvalue weighted by Gasteiger charge is -2.32. The second kappa shape index (κ2) is 7.35. The van der Waals surface area contributed by atoms with Crippen molar-refractivity contribution >= 4 is 28.5 Å². The highest BCUT2D eigenvalue weighted by molar-refractivity contribution is 7.10. The summed E-state index contributed by atoms with van der Waals surface area (Å²) >= 11 is 1.16. The summed E-state index contributed by atoms with van der Waals surface area (Å²) in [5.41, 5.74) is 0. The first-order valence-corrected chi connectivity index (χ1v) is 7.94. The maximum Gasteiger partial charge on any atom is 0.322 e. The van der Waals surface area contributed by atoms with Gasteiger partial charge in [0, 0.05) is 37.1 Å². The van der Waals surface area contributed by atoms with Crippen LogP contribution in [0.5, 0.6) is 0 Å². The van der Waals surface area contributed by atoms with Crippen LogP contribution in [0.25, 0.3) is 0 Å². The zero-order chi connectivity index (χ0) is 15.2. The SMILES string of the molecule is CC(C)C(=O)NCC1CCCN(C(=O)Nc2cnns2)C1. The minimum Gasteiger partial charge on any atom is -0.356 e. The van der Waals surface area contributed by atoms with Gasteiger partial charge in [0.05, 0.1) is 6.20 Å². The van der Waals surface area contributed by atoms with E-state index >= 15 is 0 Å². The van der Waals surface area contributed by atoms with Crippen molar-refractivity contribution in [2.45, 2.75) is 26.7 Å². The molecule has 1 atom stereocenters. The van der Waals surface area contributed by atoms with Crippen LogP contribution >= 0.6 is 11.5 Å². The highest BCUT2D eigenvalue weighted by atomic mass is 32.1. The number of nitrogens with one attached hydrogen (secondary N) is 2. The zero-order valence-electron chi connectivity index (χ0n) is 12.3. The molecule has 1 aliphatic heterocycles. The van der Waals surface area contributed by atoms with Gasteiger partial charge in [-0.2, -0.15) is 0 Å². The number of anilines is 1. The van der Waals surface area contributed by atoms with E-state index in [1.165, 1.54) is 6.20 Å². The molecule has 1 unspecified atom stereocenters. The largest absolute Gasteiger partial charge is 0.356 e. The van der Waals surface area contributed by atoms with Gasteiger partial charge in [0.1, 0.15) is 5.00 Å². The summed E-state index contributed by atoms with van der Waals surface area (Å²) < 4.78 is 3.71. The number of rotatable bonds is 4. The lowest BCUT2D eigenvalue weighted by molar-refractivity contribution is -0.124. The number of urea groups is 1. The molecule has 116 valence electrons. The average Bonchev–Trinajstić information content (AvgIpc) is 2.97. The highest BCUT2D eigenvalue weighted by Gasteiger charge is 2.24. The summed E-state index contributed by atoms with van der Waals surface area (Å²) in [6, 6.07) is -0.124. The normalized spacial score (nSPS) is 18.6. The van der Waals surface area contributed by atoms with E-state index in [0.29, 0.717) is 24.0 Å². The monoisotopic (exact) mass is 311 g/mol. The second-order valence-corrected chi connectivity index (χ2v) is 6.35. The summed E-state index contributed by atoms with van der Waals surface area (Å²) in [6.07, 6.45) is 3.52. The van der Waals surface area contributed by atoms with Gasteiger partial charge < -0.3 is 10.2 Å². The lowest BCUT2D eigenvalue weighted by Crippen LogP contribution is -2.45. The van der Waals surface area contributed by atoms with Crippen molar-refractivity contribution in [3.05, 3.63) is 6.20 Å². The van der Waals surface area contributed by atoms with Crippen LogP contribution < -0.4 is 10.6 Å². The van der Waals surface area contributed by atoms with Crippen molar-refractivity contribution in [1.82, 2.24) is 19.8 Å². The number of amides is 3. The molecule has 2 rings (SSSR count). The lowest BCUT2D eigenvalue weighted by atomic mass is 9.98. The van der Waals surface area contributed by atoms with Crippen LogP contribution in [0.4, 0.5) is 9.80 Å². The fourth-order valence-corrected chi connectivity index (χ4v) is 2.68. The number of aromatic nitrogens is 2. The Kier molecular flexibility index (Phi) is 5.49. The number of carbonyl (C=O) groups is 2. The molecule has 2 N–H and O–H groups in total. The van der Waals surface area contributed by atoms with E-state index < -0.39 is 0 Å². The Balaban J connectivity index is 1.80. The first kappa shape index (κ1) is 15.7. The predicted octanol–water partition coefficient (Wildman–Crippen LogP) is 1.55. The van der Waals surface area contributed by atoms with Gasteiger partial charge in [-0.15, -0.1) is 5.10 Å². The van der Waals surface area contributed by atoms with Gasteiger partial charge in [0.25, 0.3) is 0 Å². The van der Waals surface area contributed by atoms with Crippen LogP contribution in [0.15, 0.2) is 6.20 Å². The Morgan fingerprint density at radius 1 is 1.52 bits per heavy atom. The Bertz CT molecular complexity index is 477. The minimum atomic E-state index is -0.124. The molecule has 21 heavy (non-hydrogen) atoms. The number of likely N-dealkylation sites (tertiary alicyclic amines) is 1. The smallest absolute Gasteiger partial charge is 0.322 e. The fourth-order valence-electron chi connectivity index (χ4n) is 2.27. The Morgan fingerprint density at radius 3 is 3.00 bits per heavy atom. The van der Waals surface area contributed by atoms with Gasteiger partial charge in [-0.25, -0.2) is 4.79 Å². The van der Waals surface area contributed by atoms with Gasteiger partial charge in [0.15, 0.2) is 0 Å². The van der Waals surface area contributed by atoms with Crippen molar-refractivity contribution < 1.29 is 9.59 Å². The number of hydrogen-bond donors (Lipinski definition) is 2. The van der Waals surface area contributed by atoms with Crippen molar-refractivity contribution in [2.75, 3.05) is 25.0 Å². The standard InChI is InChI=1S/C13H21N5O2S/c1-9(2)12(19)14-6-10-4-3-5-18(8-10)13(20)16-11-7-15-17-21-11/h7,9-10H,3-6,8H2,1-2H3,(H,14,19)(H,16,20). The average molecular weight is 311 g/mol. The Labute approximate surface area is 128 Å². The van der Waals surface area contributed by atoms with Crippen LogP contribution in [0.3, 0.4) is 0 Å². The van der Waals surface area contributed by atoms with Crippen molar-refractivity contribution in [2.24, 2.45) is 11.8 Å². The number of carbonyl (C=O) groups excluding carboxylic acids is 2. The molecule has 1 aliphatic rings. The van der Waals surface area contributed by atoms with E-state index in [0.717, 1.165) is 30.9 Å². The third kappa shape index (κ3) is 4.66. The van der Waals surface area contributed by atoms with E-state index in [1.807, 2.05) is 13.8 Å². The zero-order valence-corrected chi connectivity index (χ0v) is 13.2. The van der Waals surface area contributed by atoms with Crippen LogP contribution in [-0.2, 0) is 4.79 Å². The van der Waals surface area contributed by atoms with Crippen LogP contribution in [-0.4, -0.2) is 46.1 Å². The predicted molar refractivity (Wildman–Crippen MR) is 81.1 cm³/mol. The van der Waals surface area contributed by atoms with Gasteiger partial charge >= 0.3 is 6.03 Å². The topological polar surface area (TPSA) is 87.2 Å². The van der Waals surface area contributed by atoms with Crippen molar-refractivity contribution in [3.8, 4) is 0 Å². The quantitative estimate of drug-likeness (QED) is 0.883. The molecule has 1 aromatic rings. The molecule has 1 saturated heterocycles. The van der Waals surface area contributed by atoms with Gasteiger partial charge in [0.2, 0.25) is 5.91 Å². The molecule has 1 aromatic heterocycles. The van der Waals surface area contributed by atoms with Crippen LogP contribution in [0.1, 0.15) is 26.7 Å². The third-order valence-corrected chi connectivity index (χ3v) is 4.07. The van der Waals surface area contributed by atoms with E-state index in [1.54, 1.807) is 4.90 Å². The molecular weight excluding hydrogens is 290 g/mol. The first-order valence-electron chi connectivity index (χ1n) is 7.17. The molecule has 0 aliphatic carbocycles. The molecule has 2 heterocycles. The number of piperidine rings is 1. The van der Waals surface area contributed by atoms with Gasteiger partial charge in [-0.05, 0) is 18.8 Å². The van der Waals surface area contributed by atoms with Crippen molar-refractivity contribution in [3.63, 3.8) is 0 Å². The van der Waals surface area contributed by atoms with Gasteiger partial charge in [-0.3, -0.25) is 10.1 Å². The van der Waals surface area contributed by atoms with Crippen LogP contribution in [0.2, 0.25) is 0 Å². The Hall–Kier alpha value is -1.70. The summed E-state index contributed by atoms with van der Waals surface area (Å²) in [6.45, 7) is 5.78. The summed E-state index contributed by atoms with van der Waals surface area (Å²) in [4.78, 5) is 25.5. The van der Waals surface area contributed by atoms with E-state index in [2.05, 4.69) is 20.2 Å². The van der Waals surface area contributed by atoms with E-state index in [9.17, 15) is 9.59 Å². The molecule has 1 fully saturated rings. The first-order chi connectivity index (χ1) is 10.1. The van der Waals surface area contributed by atoms with Crippen LogP contribution in [0, 0.1) is 11.8 Å². The third-order valence-electron chi connectivity index (χ3n) is 3.49. The molecule has 0 radical (unpaired) electrons. The summed E-state index contributed by atoms with van der Waals surface area (Å²) in [5.74, 6) is 0.367. The second-order valence-electron chi connectivity index (χ2n) is 5.57. The summed E-state index contributed by atoms with van der Waals surface area (Å²) in [7, 11) is 0. The molecule has 0 bridgehead atoms. The molecule has 0 saturated carbocycles. The minimum absolute atomic E-state index is 0.00757. The molecule has 0 spiro atoms. The molecule has 7 nitrogen and oxygen atoms in total. The molecule has 3 amide bonds. The maximum atomic E-state index is 12.1. The number of nitrogens with zero attached hydrogens (tertiary/aromatic N) is 3. The molecule has 0 aromatic carbocycles. The molecule has 8 heteroatoms. The van der Waals surface area contributed by atoms with E-state index in [-0.39, 0.29) is 17.9 Å². The highest BCUT2D eigenvalue weighted by Crippen LogP contribution is 2.18. The Morgan fingerprint density at radius 2 is 2.33 bits per heavy atom. The van der Waals surface area contributed by atoms with E-state index in [4.69, 9.17) is 0 Å². The maximum absolute atomic E-state index is 12.1. The number of hydrogen-bond acceptors (Lipinski definition) is 5. The summed E-state index contributed by atoms with van der Waals surface area (Å²) in [5, 5.41) is 10.1. The fraction of sp³-hybridized carbons (Fsp3) is 0.692. The molecular formula is C13H21N5O2S.